The van der Waals surface area contributed by atoms with Crippen LogP contribution in [-0.4, -0.2) is 17.6 Å². The van der Waals surface area contributed by atoms with Crippen molar-refractivity contribution in [1.29, 1.82) is 0 Å². The van der Waals surface area contributed by atoms with Gasteiger partial charge in [-0.25, -0.2) is 0 Å². The number of hydrogen-bond acceptors (Lipinski definition) is 1. The van der Waals surface area contributed by atoms with Crippen molar-refractivity contribution in [2.45, 2.75) is 5.41 Å². The van der Waals surface area contributed by atoms with Gasteiger partial charge in [0.25, 0.3) is 0 Å². The number of fused-ring (bicyclic) bond motifs is 6. The molecular weight excluding hydrogens is 849 g/mol. The molecule has 0 spiro atoms. The molecule has 0 unspecified atom stereocenters. The van der Waals surface area contributed by atoms with Crippen LogP contribution in [0.3, 0.4) is 0 Å². The lowest BCUT2D eigenvalue weighted by atomic mass is 9.67. The highest BCUT2D eigenvalue weighted by molar-refractivity contribution is 7.19. The van der Waals surface area contributed by atoms with Gasteiger partial charge in [-0.1, -0.05) is 224 Å². The number of aromatic nitrogens is 2. The van der Waals surface area contributed by atoms with E-state index in [4.69, 9.17) is 0 Å². The summed E-state index contributed by atoms with van der Waals surface area (Å²) >= 11 is 0. The minimum Gasteiger partial charge on any atom is -0.309 e. The Morgan fingerprint density at radius 3 is 1.41 bits per heavy atom. The summed E-state index contributed by atoms with van der Waals surface area (Å²) in [7, 11) is -2.87. The van der Waals surface area contributed by atoms with Gasteiger partial charge in [-0.3, -0.25) is 4.98 Å². The third-order valence-electron chi connectivity index (χ3n) is 14.7. The van der Waals surface area contributed by atoms with Gasteiger partial charge in [0, 0.05) is 28.2 Å². The summed E-state index contributed by atoms with van der Waals surface area (Å²) in [5, 5.41) is 7.92. The topological polar surface area (TPSA) is 17.8 Å². The number of benzene rings is 10. The first kappa shape index (κ1) is 40.6. The summed E-state index contributed by atoms with van der Waals surface area (Å²) in [6.07, 6.45) is 1.85. The molecule has 1 aliphatic rings. The van der Waals surface area contributed by atoms with E-state index in [-0.39, 0.29) is 0 Å². The van der Waals surface area contributed by atoms with Gasteiger partial charge in [-0.15, -0.1) is 0 Å². The lowest BCUT2D eigenvalue weighted by molar-refractivity contribution is 0.769. The maximum atomic E-state index is 4.60. The number of hydrogen-bond donors (Lipinski definition) is 0. The van der Waals surface area contributed by atoms with Crippen LogP contribution < -0.4 is 20.7 Å². The third-order valence-corrected chi connectivity index (χ3v) is 19.5. The van der Waals surface area contributed by atoms with Gasteiger partial charge in [-0.2, -0.15) is 0 Å². The van der Waals surface area contributed by atoms with E-state index in [0.717, 1.165) is 16.9 Å². The minimum atomic E-state index is -2.87. The van der Waals surface area contributed by atoms with Crippen LogP contribution in [0.5, 0.6) is 0 Å². The molecule has 0 bridgehead atoms. The first-order valence-corrected chi connectivity index (χ1v) is 25.9. The van der Waals surface area contributed by atoms with Crippen molar-refractivity contribution in [3.63, 3.8) is 0 Å². The van der Waals surface area contributed by atoms with Crippen molar-refractivity contribution in [3.05, 3.63) is 301 Å². The van der Waals surface area contributed by atoms with Crippen LogP contribution in [-0.2, 0) is 5.41 Å². The summed E-state index contributed by atoms with van der Waals surface area (Å²) in [4.78, 5) is 4.60. The zero-order valence-corrected chi connectivity index (χ0v) is 39.0. The lowest BCUT2D eigenvalue weighted by Gasteiger charge is -2.37. The highest BCUT2D eigenvalue weighted by Crippen LogP contribution is 2.56. The quantitative estimate of drug-likeness (QED) is 0.104. The molecule has 69 heavy (non-hydrogen) atoms. The predicted molar refractivity (Wildman–Crippen MR) is 290 cm³/mol. The molecule has 0 saturated carbocycles. The van der Waals surface area contributed by atoms with E-state index >= 15 is 0 Å². The van der Waals surface area contributed by atoms with Crippen molar-refractivity contribution >= 4 is 50.6 Å². The van der Waals surface area contributed by atoms with Crippen LogP contribution in [0.15, 0.2) is 279 Å². The van der Waals surface area contributed by atoms with Crippen LogP contribution >= 0.6 is 0 Å². The van der Waals surface area contributed by atoms with Crippen LogP contribution in [0.4, 0.5) is 0 Å². The zero-order valence-electron chi connectivity index (χ0n) is 38.0. The van der Waals surface area contributed by atoms with Crippen molar-refractivity contribution in [1.82, 2.24) is 9.55 Å². The molecule has 2 nitrogen and oxygen atoms in total. The fourth-order valence-corrected chi connectivity index (χ4v) is 16.5. The van der Waals surface area contributed by atoms with Crippen molar-refractivity contribution < 1.29 is 0 Å². The molecule has 0 fully saturated rings. The van der Waals surface area contributed by atoms with E-state index in [1.807, 2.05) is 18.3 Å². The molecule has 0 amide bonds. The molecule has 1 aliphatic carbocycles. The number of pyridine rings is 1. The number of nitrogens with zero attached hydrogens (tertiary/aromatic N) is 2. The lowest BCUT2D eigenvalue weighted by Crippen LogP contribution is -2.74. The van der Waals surface area contributed by atoms with Gasteiger partial charge in [0.05, 0.1) is 22.1 Å². The molecule has 3 heteroatoms. The molecule has 12 aromatic rings. The zero-order chi connectivity index (χ0) is 45.8. The van der Waals surface area contributed by atoms with Crippen LogP contribution in [0.25, 0.3) is 61.0 Å². The fourth-order valence-electron chi connectivity index (χ4n) is 11.7. The van der Waals surface area contributed by atoms with Crippen molar-refractivity contribution in [2.24, 2.45) is 0 Å². The SMILES string of the molecule is c1ccc(C2(c3ccccc3)c3cc(-c4ccc5c(c4)c4ccccc4n5-c4ccc(-c5ccccn5)cc4)ccc3-c3ccc([Si](c4ccccc4)(c4ccccc4)c4ccccc4)cc32)cc1. The number of para-hydroxylation sites is 1. The first-order valence-electron chi connectivity index (χ1n) is 23.9. The van der Waals surface area contributed by atoms with Gasteiger partial charge >= 0.3 is 0 Å². The Hall–Kier alpha value is -8.63. The Kier molecular flexibility index (Phi) is 9.78. The summed E-state index contributed by atoms with van der Waals surface area (Å²) in [5.74, 6) is 0. The summed E-state index contributed by atoms with van der Waals surface area (Å²) in [6, 6.07) is 102. The molecule has 0 N–H and O–H groups in total. The molecule has 324 valence electrons. The van der Waals surface area contributed by atoms with E-state index in [9.17, 15) is 0 Å². The first-order chi connectivity index (χ1) is 34.2. The summed E-state index contributed by atoms with van der Waals surface area (Å²) in [5.41, 5.74) is 15.0. The van der Waals surface area contributed by atoms with Crippen LogP contribution in [0.1, 0.15) is 22.3 Å². The van der Waals surface area contributed by atoms with E-state index in [1.54, 1.807) is 0 Å². The van der Waals surface area contributed by atoms with Crippen LogP contribution in [0, 0.1) is 0 Å². The van der Waals surface area contributed by atoms with Crippen molar-refractivity contribution in [3.8, 4) is 39.2 Å². The maximum Gasteiger partial charge on any atom is 0.179 e. The molecular formula is C66H46N2Si. The maximum absolute atomic E-state index is 4.60. The molecule has 0 saturated heterocycles. The smallest absolute Gasteiger partial charge is 0.179 e. The second-order valence-electron chi connectivity index (χ2n) is 18.2. The fraction of sp³-hybridized carbons (Fsp3) is 0.0152. The average molecular weight is 895 g/mol. The Morgan fingerprint density at radius 1 is 0.333 bits per heavy atom. The Bertz CT molecular complexity index is 3660. The second-order valence-corrected chi connectivity index (χ2v) is 22.0. The Balaban J connectivity index is 1.03. The molecule has 13 rings (SSSR count). The highest BCUT2D eigenvalue weighted by Gasteiger charge is 2.49. The molecule has 0 aliphatic heterocycles. The van der Waals surface area contributed by atoms with E-state index < -0.39 is 13.5 Å². The normalized spacial score (nSPS) is 12.8. The molecule has 0 atom stereocenters. The van der Waals surface area contributed by atoms with E-state index in [0.29, 0.717) is 0 Å². The Labute approximate surface area is 404 Å². The van der Waals surface area contributed by atoms with Gasteiger partial charge in [0.1, 0.15) is 0 Å². The van der Waals surface area contributed by atoms with Gasteiger partial charge in [0.2, 0.25) is 0 Å². The van der Waals surface area contributed by atoms with Gasteiger partial charge in [0.15, 0.2) is 8.07 Å². The molecule has 0 radical (unpaired) electrons. The predicted octanol–water partition coefficient (Wildman–Crippen LogP) is 13.3. The third kappa shape index (κ3) is 6.35. The highest BCUT2D eigenvalue weighted by atomic mass is 28.3. The second kappa shape index (κ2) is 16.6. The van der Waals surface area contributed by atoms with E-state index in [1.165, 1.54) is 87.1 Å². The summed E-state index contributed by atoms with van der Waals surface area (Å²) in [6.45, 7) is 0. The van der Waals surface area contributed by atoms with Gasteiger partial charge < -0.3 is 4.57 Å². The standard InChI is InChI=1S/C66H46N2Si/c1-6-20-50(21-7-1)66(51-22-8-2-9-23-51)61-45-49(48-36-42-65-60(44-48)59-30-16-17-32-64(59)68(65)52-37-33-47(34-38-52)63-31-18-19-43-67-63)35-40-57(61)58-41-39-56(46-62(58)66)69(53-24-10-3-11-25-53,54-26-12-4-13-27-54)55-28-14-5-15-29-55/h1-46H. The molecule has 10 aromatic carbocycles. The molecule has 2 aromatic heterocycles. The van der Waals surface area contributed by atoms with E-state index in [2.05, 4.69) is 270 Å². The largest absolute Gasteiger partial charge is 0.309 e. The Morgan fingerprint density at radius 2 is 0.812 bits per heavy atom. The van der Waals surface area contributed by atoms with Gasteiger partial charge in [-0.05, 0) is 114 Å². The molecule has 2 heterocycles. The monoisotopic (exact) mass is 894 g/mol. The average Bonchev–Trinajstić information content (AvgIpc) is 3.92. The van der Waals surface area contributed by atoms with Crippen molar-refractivity contribution in [2.75, 3.05) is 0 Å². The summed E-state index contributed by atoms with van der Waals surface area (Å²) < 4.78 is 2.40. The minimum absolute atomic E-state index is 0.606. The van der Waals surface area contributed by atoms with Crippen LogP contribution in [0.2, 0.25) is 0 Å². The number of rotatable bonds is 9.